The summed E-state index contributed by atoms with van der Waals surface area (Å²) in [6.45, 7) is 1.95. The largest absolute Gasteiger partial charge is 0.328 e. The van der Waals surface area contributed by atoms with E-state index in [4.69, 9.17) is 23.2 Å². The number of amides is 3. The van der Waals surface area contributed by atoms with E-state index in [1.54, 1.807) is 54.6 Å². The highest BCUT2D eigenvalue weighted by atomic mass is 79.9. The number of carbonyl (C=O) groups is 3. The average Bonchev–Trinajstić information content (AvgIpc) is 3.16. The van der Waals surface area contributed by atoms with Crippen LogP contribution in [0.4, 0.5) is 11.4 Å². The molecule has 178 valence electrons. The maximum atomic E-state index is 13.2. The second-order valence-corrected chi connectivity index (χ2v) is 9.37. The van der Waals surface area contributed by atoms with Gasteiger partial charge in [-0.15, -0.1) is 0 Å². The minimum Gasteiger partial charge on any atom is -0.321 e. The first kappa shape index (κ1) is 24.8. The fraction of sp³-hybridized carbons (Fsp3) is 0.0800. The maximum absolute atomic E-state index is 13.2. The molecular formula is C25H19BrCl2N4O3. The molecule has 0 saturated carbocycles. The zero-order valence-corrected chi connectivity index (χ0v) is 21.5. The van der Waals surface area contributed by atoms with Crippen LogP contribution in [0.5, 0.6) is 0 Å². The van der Waals surface area contributed by atoms with Crippen molar-refractivity contribution in [2.45, 2.75) is 13.3 Å². The van der Waals surface area contributed by atoms with E-state index in [-0.39, 0.29) is 5.69 Å². The van der Waals surface area contributed by atoms with Gasteiger partial charge in [0.2, 0.25) is 0 Å². The van der Waals surface area contributed by atoms with Crippen LogP contribution in [0.15, 0.2) is 71.2 Å². The van der Waals surface area contributed by atoms with Crippen molar-refractivity contribution in [1.29, 1.82) is 0 Å². The molecule has 4 aromatic rings. The topological polar surface area (TPSA) is 92.2 Å². The third-order valence-electron chi connectivity index (χ3n) is 5.18. The molecule has 0 unspecified atom stereocenters. The lowest BCUT2D eigenvalue weighted by Crippen LogP contribution is -2.36. The highest BCUT2D eigenvalue weighted by Gasteiger charge is 2.22. The molecule has 3 amide bonds. The number of aromatic nitrogens is 1. The number of halogens is 3. The van der Waals surface area contributed by atoms with Crippen LogP contribution in [0.1, 0.15) is 23.0 Å². The molecule has 3 N–H and O–H groups in total. The number of nitrogens with zero attached hydrogens (tertiary/aromatic N) is 1. The van der Waals surface area contributed by atoms with Crippen molar-refractivity contribution in [3.63, 3.8) is 0 Å². The second-order valence-electron chi connectivity index (χ2n) is 7.59. The number of rotatable bonds is 5. The van der Waals surface area contributed by atoms with Gasteiger partial charge in [-0.1, -0.05) is 64.3 Å². The van der Waals surface area contributed by atoms with Crippen molar-refractivity contribution in [2.24, 2.45) is 0 Å². The molecule has 0 bridgehead atoms. The fourth-order valence-corrected chi connectivity index (χ4v) is 4.48. The van der Waals surface area contributed by atoms with Gasteiger partial charge in [0, 0.05) is 31.3 Å². The SMILES string of the molecule is CCc1ccccc1NC(=O)C(=O)Nn1c(C(=O)Nc2cc(Cl)cc(Cl)c2)cc2cc(Br)ccc21. The van der Waals surface area contributed by atoms with Gasteiger partial charge in [-0.3, -0.25) is 19.8 Å². The zero-order chi connectivity index (χ0) is 25.1. The number of hydrogen-bond donors (Lipinski definition) is 3. The molecule has 4 rings (SSSR count). The average molecular weight is 574 g/mol. The van der Waals surface area contributed by atoms with E-state index < -0.39 is 17.7 Å². The maximum Gasteiger partial charge on any atom is 0.328 e. The summed E-state index contributed by atoms with van der Waals surface area (Å²) in [7, 11) is 0. The molecule has 0 aliphatic rings. The summed E-state index contributed by atoms with van der Waals surface area (Å²) in [5, 5.41) is 6.74. The van der Waals surface area contributed by atoms with Gasteiger partial charge in [0.25, 0.3) is 5.91 Å². The normalized spacial score (nSPS) is 10.7. The van der Waals surface area contributed by atoms with Gasteiger partial charge < -0.3 is 10.6 Å². The predicted octanol–water partition coefficient (Wildman–Crippen LogP) is 6.23. The minimum absolute atomic E-state index is 0.101. The Morgan fingerprint density at radius 3 is 2.31 bits per heavy atom. The van der Waals surface area contributed by atoms with Gasteiger partial charge in [0.05, 0.1) is 5.52 Å². The first-order chi connectivity index (χ1) is 16.7. The summed E-state index contributed by atoms with van der Waals surface area (Å²) in [5.41, 5.74) is 4.99. The van der Waals surface area contributed by atoms with Crippen LogP contribution in [0.25, 0.3) is 10.9 Å². The Bertz CT molecular complexity index is 1450. The van der Waals surface area contributed by atoms with Gasteiger partial charge in [-0.25, -0.2) is 4.68 Å². The molecule has 7 nitrogen and oxygen atoms in total. The summed E-state index contributed by atoms with van der Waals surface area (Å²) in [5.74, 6) is -2.33. The van der Waals surface area contributed by atoms with Crippen LogP contribution in [-0.4, -0.2) is 22.4 Å². The van der Waals surface area contributed by atoms with E-state index in [9.17, 15) is 14.4 Å². The third kappa shape index (κ3) is 5.67. The van der Waals surface area contributed by atoms with Gasteiger partial charge in [0.15, 0.2) is 0 Å². The van der Waals surface area contributed by atoms with Crippen LogP contribution in [-0.2, 0) is 16.0 Å². The monoisotopic (exact) mass is 572 g/mol. The molecule has 0 saturated heterocycles. The van der Waals surface area contributed by atoms with Gasteiger partial charge >= 0.3 is 11.8 Å². The number of para-hydroxylation sites is 1. The van der Waals surface area contributed by atoms with Crippen molar-refractivity contribution in [3.05, 3.63) is 92.5 Å². The number of anilines is 2. The number of carbonyl (C=O) groups excluding carboxylic acids is 3. The first-order valence-electron chi connectivity index (χ1n) is 10.5. The summed E-state index contributed by atoms with van der Waals surface area (Å²) >= 11 is 15.5. The lowest BCUT2D eigenvalue weighted by Gasteiger charge is -2.14. The Kier molecular flexibility index (Phi) is 7.45. The van der Waals surface area contributed by atoms with Crippen molar-refractivity contribution in [2.75, 3.05) is 16.1 Å². The molecule has 1 aromatic heterocycles. The van der Waals surface area contributed by atoms with Gasteiger partial charge in [-0.05, 0) is 60.5 Å². The van der Waals surface area contributed by atoms with Crippen LogP contribution in [0.3, 0.4) is 0 Å². The molecule has 0 aliphatic carbocycles. The van der Waals surface area contributed by atoms with E-state index in [1.165, 1.54) is 4.68 Å². The number of aryl methyl sites for hydroxylation is 1. The summed E-state index contributed by atoms with van der Waals surface area (Å²) in [6, 6.07) is 18.7. The highest BCUT2D eigenvalue weighted by Crippen LogP contribution is 2.26. The van der Waals surface area contributed by atoms with Crippen molar-refractivity contribution in [1.82, 2.24) is 4.68 Å². The fourth-order valence-electron chi connectivity index (χ4n) is 3.58. The number of fused-ring (bicyclic) bond motifs is 1. The van der Waals surface area contributed by atoms with Crippen LogP contribution in [0.2, 0.25) is 10.0 Å². The highest BCUT2D eigenvalue weighted by molar-refractivity contribution is 9.10. The molecule has 0 fully saturated rings. The molecule has 1 heterocycles. The van der Waals surface area contributed by atoms with E-state index in [0.717, 1.165) is 10.0 Å². The lowest BCUT2D eigenvalue weighted by molar-refractivity contribution is -0.133. The number of benzene rings is 3. The first-order valence-corrected chi connectivity index (χ1v) is 12.1. The summed E-state index contributed by atoms with van der Waals surface area (Å²) in [6.07, 6.45) is 0.688. The molecular weight excluding hydrogens is 555 g/mol. The Morgan fingerprint density at radius 2 is 1.60 bits per heavy atom. The Hall–Kier alpha value is -3.33. The molecule has 35 heavy (non-hydrogen) atoms. The molecule has 0 atom stereocenters. The second kappa shape index (κ2) is 10.5. The van der Waals surface area contributed by atoms with Crippen LogP contribution >= 0.6 is 39.1 Å². The van der Waals surface area contributed by atoms with Crippen LogP contribution < -0.4 is 16.1 Å². The Morgan fingerprint density at radius 1 is 0.886 bits per heavy atom. The van der Waals surface area contributed by atoms with Crippen molar-refractivity contribution in [3.8, 4) is 0 Å². The predicted molar refractivity (Wildman–Crippen MR) is 143 cm³/mol. The molecule has 3 aromatic carbocycles. The Labute approximate surface area is 219 Å². The van der Waals surface area contributed by atoms with Crippen molar-refractivity contribution >= 4 is 79.1 Å². The van der Waals surface area contributed by atoms with Gasteiger partial charge in [-0.2, -0.15) is 0 Å². The number of nitrogens with one attached hydrogen (secondary N) is 3. The van der Waals surface area contributed by atoms with Crippen LogP contribution in [0, 0.1) is 0 Å². The van der Waals surface area contributed by atoms with Crippen molar-refractivity contribution < 1.29 is 14.4 Å². The third-order valence-corrected chi connectivity index (χ3v) is 6.11. The molecule has 0 spiro atoms. The quantitative estimate of drug-likeness (QED) is 0.247. The van der Waals surface area contributed by atoms with E-state index in [2.05, 4.69) is 32.0 Å². The minimum atomic E-state index is -0.934. The van der Waals surface area contributed by atoms with Gasteiger partial charge in [0.1, 0.15) is 5.69 Å². The Balaban J connectivity index is 1.64. The molecule has 0 aliphatic heterocycles. The summed E-state index contributed by atoms with van der Waals surface area (Å²) in [4.78, 5) is 38.7. The number of hydrogen-bond acceptors (Lipinski definition) is 3. The zero-order valence-electron chi connectivity index (χ0n) is 18.4. The smallest absolute Gasteiger partial charge is 0.321 e. The van der Waals surface area contributed by atoms with E-state index in [0.29, 0.717) is 38.7 Å². The lowest BCUT2D eigenvalue weighted by atomic mass is 10.1. The van der Waals surface area contributed by atoms with E-state index in [1.807, 2.05) is 19.1 Å². The summed E-state index contributed by atoms with van der Waals surface area (Å²) < 4.78 is 2.06. The molecule has 0 radical (unpaired) electrons. The standard InChI is InChI=1S/C25H19BrCl2N4O3/c1-2-14-5-3-4-6-20(14)30-24(34)25(35)31-32-21-8-7-16(26)9-15(21)10-22(32)23(33)29-19-12-17(27)11-18(28)13-19/h3-13H,2H2,1H3,(H,29,33)(H,30,34)(H,31,35). The van der Waals surface area contributed by atoms with E-state index >= 15 is 0 Å². The molecule has 10 heteroatoms.